The second kappa shape index (κ2) is 8.39. The maximum absolute atomic E-state index is 13.2. The van der Waals surface area contributed by atoms with Gasteiger partial charge in [0.15, 0.2) is 5.78 Å². The highest BCUT2D eigenvalue weighted by Gasteiger charge is 2.10. The van der Waals surface area contributed by atoms with Gasteiger partial charge >= 0.3 is 0 Å². The third-order valence-corrected chi connectivity index (χ3v) is 4.09. The number of halogens is 1. The molecule has 132 valence electrons. The van der Waals surface area contributed by atoms with Gasteiger partial charge in [-0.15, -0.1) is 0 Å². The highest BCUT2D eigenvalue weighted by Crippen LogP contribution is 2.23. The van der Waals surface area contributed by atoms with Crippen molar-refractivity contribution in [2.24, 2.45) is 0 Å². The Hall–Kier alpha value is -3.01. The first-order chi connectivity index (χ1) is 12.7. The Labute approximate surface area is 152 Å². The van der Waals surface area contributed by atoms with Gasteiger partial charge in [0.25, 0.3) is 0 Å². The minimum Gasteiger partial charge on any atom is -0.295 e. The lowest BCUT2D eigenvalue weighted by atomic mass is 10.1. The van der Waals surface area contributed by atoms with Crippen molar-refractivity contribution in [2.45, 2.75) is 26.2 Å². The molecular weight excluding hydrogens is 327 g/mol. The Kier molecular flexibility index (Phi) is 5.74. The summed E-state index contributed by atoms with van der Waals surface area (Å²) in [6, 6.07) is 17.9. The Morgan fingerprint density at radius 1 is 1.12 bits per heavy atom. The molecule has 26 heavy (non-hydrogen) atoms. The lowest BCUT2D eigenvalue weighted by Crippen LogP contribution is -1.99. The number of rotatable bonds is 7. The molecule has 0 spiro atoms. The van der Waals surface area contributed by atoms with E-state index in [9.17, 15) is 9.18 Å². The number of carbonyl (C=O) groups excluding carboxylic acids is 1. The van der Waals surface area contributed by atoms with Crippen LogP contribution in [0.3, 0.4) is 0 Å². The molecule has 0 aliphatic rings. The van der Waals surface area contributed by atoms with Crippen LogP contribution in [-0.2, 0) is 4.79 Å². The van der Waals surface area contributed by atoms with Crippen LogP contribution in [0.15, 0.2) is 66.7 Å². The molecule has 1 heterocycles. The Morgan fingerprint density at radius 2 is 1.85 bits per heavy atom. The van der Waals surface area contributed by atoms with Crippen LogP contribution in [0.25, 0.3) is 23.0 Å². The van der Waals surface area contributed by atoms with Gasteiger partial charge in [-0.1, -0.05) is 31.5 Å². The largest absolute Gasteiger partial charge is 0.295 e. The lowest BCUT2D eigenvalue weighted by Gasteiger charge is -2.04. The van der Waals surface area contributed by atoms with Crippen molar-refractivity contribution in [3.63, 3.8) is 0 Å². The summed E-state index contributed by atoms with van der Waals surface area (Å²) in [5.74, 6) is -0.172. The van der Waals surface area contributed by atoms with Crippen LogP contribution in [0, 0.1) is 5.82 Å². The van der Waals surface area contributed by atoms with Crippen LogP contribution >= 0.6 is 0 Å². The predicted octanol–water partition coefficient (Wildman–Crippen LogP) is 5.45. The first kappa shape index (κ1) is 17.8. The molecule has 3 rings (SSSR count). The van der Waals surface area contributed by atoms with Crippen LogP contribution in [0.5, 0.6) is 0 Å². The molecule has 0 amide bonds. The van der Waals surface area contributed by atoms with Gasteiger partial charge < -0.3 is 0 Å². The average Bonchev–Trinajstić information content (AvgIpc) is 3.10. The summed E-state index contributed by atoms with van der Waals surface area (Å²) in [7, 11) is 0. The predicted molar refractivity (Wildman–Crippen MR) is 103 cm³/mol. The smallest absolute Gasteiger partial charge is 0.155 e. The van der Waals surface area contributed by atoms with E-state index in [-0.39, 0.29) is 11.6 Å². The van der Waals surface area contributed by atoms with E-state index in [4.69, 9.17) is 0 Å². The van der Waals surface area contributed by atoms with E-state index in [1.165, 1.54) is 12.1 Å². The molecule has 0 unspecified atom stereocenters. The summed E-state index contributed by atoms with van der Waals surface area (Å²) in [5.41, 5.74) is 3.27. The topological polar surface area (TPSA) is 34.9 Å². The van der Waals surface area contributed by atoms with Gasteiger partial charge in [-0.3, -0.25) is 4.79 Å². The number of unbranched alkanes of at least 4 members (excludes halogenated alkanes) is 1. The molecule has 0 N–H and O–H groups in total. The molecule has 3 aromatic rings. The highest BCUT2D eigenvalue weighted by atomic mass is 19.1. The quantitative estimate of drug-likeness (QED) is 0.532. The number of hydrogen-bond acceptors (Lipinski definition) is 2. The van der Waals surface area contributed by atoms with Crippen LogP contribution < -0.4 is 0 Å². The highest BCUT2D eigenvalue weighted by molar-refractivity contribution is 5.93. The zero-order valence-corrected chi connectivity index (χ0v) is 14.7. The van der Waals surface area contributed by atoms with Gasteiger partial charge in [0.2, 0.25) is 0 Å². The third-order valence-electron chi connectivity index (χ3n) is 4.09. The zero-order valence-electron chi connectivity index (χ0n) is 14.7. The second-order valence-corrected chi connectivity index (χ2v) is 6.11. The van der Waals surface area contributed by atoms with Gasteiger partial charge in [-0.25, -0.2) is 9.07 Å². The summed E-state index contributed by atoms with van der Waals surface area (Å²) in [4.78, 5) is 12.0. The number of aromatic nitrogens is 2. The van der Waals surface area contributed by atoms with E-state index >= 15 is 0 Å². The first-order valence-corrected chi connectivity index (χ1v) is 8.79. The molecule has 4 heteroatoms. The van der Waals surface area contributed by atoms with Crippen LogP contribution in [0.4, 0.5) is 4.39 Å². The maximum atomic E-state index is 13.2. The maximum Gasteiger partial charge on any atom is 0.155 e. The van der Waals surface area contributed by atoms with Crippen molar-refractivity contribution in [3.05, 3.63) is 78.3 Å². The fourth-order valence-corrected chi connectivity index (χ4v) is 2.66. The Morgan fingerprint density at radius 3 is 2.54 bits per heavy atom. The van der Waals surface area contributed by atoms with Crippen molar-refractivity contribution in [3.8, 4) is 16.9 Å². The summed E-state index contributed by atoms with van der Waals surface area (Å²) in [6.45, 7) is 2.07. The van der Waals surface area contributed by atoms with Gasteiger partial charge in [-0.2, -0.15) is 5.10 Å². The molecule has 1 aromatic heterocycles. The standard InChI is InChI=1S/C22H21FN2O/c1-2-3-9-21(26)15-14-20-16-22(17-10-12-18(23)13-11-17)24-25(20)19-7-5-4-6-8-19/h4-8,10-16H,2-3,9H2,1H3/b15-14+. The third kappa shape index (κ3) is 4.33. The summed E-state index contributed by atoms with van der Waals surface area (Å²) < 4.78 is 15.0. The molecule has 0 saturated heterocycles. The molecule has 0 atom stereocenters. The van der Waals surface area contributed by atoms with Crippen molar-refractivity contribution in [1.29, 1.82) is 0 Å². The SMILES string of the molecule is CCCCC(=O)/C=C/c1cc(-c2ccc(F)cc2)nn1-c1ccccc1. The lowest BCUT2D eigenvalue weighted by molar-refractivity contribution is -0.114. The Balaban J connectivity index is 1.97. The molecule has 0 aliphatic carbocycles. The number of benzene rings is 2. The van der Waals surface area contributed by atoms with E-state index in [2.05, 4.69) is 12.0 Å². The van der Waals surface area contributed by atoms with Gasteiger partial charge in [-0.05, 0) is 61.0 Å². The molecule has 2 aromatic carbocycles. The molecule has 0 radical (unpaired) electrons. The fourth-order valence-electron chi connectivity index (χ4n) is 2.66. The minimum absolute atomic E-state index is 0.107. The number of allylic oxidation sites excluding steroid dienone is 1. The molecule has 0 aliphatic heterocycles. The zero-order chi connectivity index (χ0) is 18.4. The van der Waals surface area contributed by atoms with E-state index in [0.717, 1.165) is 35.5 Å². The molecule has 0 bridgehead atoms. The number of ketones is 1. The van der Waals surface area contributed by atoms with Crippen molar-refractivity contribution >= 4 is 11.9 Å². The minimum atomic E-state index is -0.280. The van der Waals surface area contributed by atoms with Crippen molar-refractivity contribution in [2.75, 3.05) is 0 Å². The number of para-hydroxylation sites is 1. The summed E-state index contributed by atoms with van der Waals surface area (Å²) in [6.07, 6.45) is 5.85. The number of nitrogens with zero attached hydrogens (tertiary/aromatic N) is 2. The molecule has 3 nitrogen and oxygen atoms in total. The van der Waals surface area contributed by atoms with E-state index in [1.54, 1.807) is 29.0 Å². The first-order valence-electron chi connectivity index (χ1n) is 8.79. The van der Waals surface area contributed by atoms with Crippen LogP contribution in [0.1, 0.15) is 31.9 Å². The van der Waals surface area contributed by atoms with Crippen molar-refractivity contribution in [1.82, 2.24) is 9.78 Å². The number of carbonyl (C=O) groups is 1. The van der Waals surface area contributed by atoms with E-state index in [1.807, 2.05) is 36.4 Å². The normalized spacial score (nSPS) is 11.2. The second-order valence-electron chi connectivity index (χ2n) is 6.11. The van der Waals surface area contributed by atoms with E-state index in [0.29, 0.717) is 6.42 Å². The monoisotopic (exact) mass is 348 g/mol. The fraction of sp³-hybridized carbons (Fsp3) is 0.182. The van der Waals surface area contributed by atoms with Gasteiger partial charge in [0, 0.05) is 12.0 Å². The summed E-state index contributed by atoms with van der Waals surface area (Å²) in [5, 5.41) is 4.65. The van der Waals surface area contributed by atoms with E-state index < -0.39 is 0 Å². The molecule has 0 saturated carbocycles. The molecular formula is C22H21FN2O. The van der Waals surface area contributed by atoms with Gasteiger partial charge in [0.05, 0.1) is 17.1 Å². The average molecular weight is 348 g/mol. The molecule has 0 fully saturated rings. The van der Waals surface area contributed by atoms with Crippen LogP contribution in [-0.4, -0.2) is 15.6 Å². The summed E-state index contributed by atoms with van der Waals surface area (Å²) >= 11 is 0. The Bertz CT molecular complexity index is 896. The number of hydrogen-bond donors (Lipinski definition) is 0. The van der Waals surface area contributed by atoms with Crippen LogP contribution in [0.2, 0.25) is 0 Å². The van der Waals surface area contributed by atoms with Gasteiger partial charge in [0.1, 0.15) is 5.82 Å². The van der Waals surface area contributed by atoms with Crippen molar-refractivity contribution < 1.29 is 9.18 Å².